The van der Waals surface area contributed by atoms with Gasteiger partial charge in [-0.1, -0.05) is 41.6 Å². The summed E-state index contributed by atoms with van der Waals surface area (Å²) in [4.78, 5) is 11.8. The van der Waals surface area contributed by atoms with Gasteiger partial charge in [-0.3, -0.25) is 4.57 Å². The predicted molar refractivity (Wildman–Crippen MR) is 111 cm³/mol. The van der Waals surface area contributed by atoms with E-state index in [0.717, 1.165) is 16.4 Å². The van der Waals surface area contributed by atoms with Crippen molar-refractivity contribution in [1.82, 2.24) is 14.8 Å². The van der Waals surface area contributed by atoms with Crippen LogP contribution >= 0.6 is 11.8 Å². The Morgan fingerprint density at radius 1 is 1.10 bits per heavy atom. The molecule has 0 saturated heterocycles. The molecule has 0 N–H and O–H groups in total. The quantitative estimate of drug-likeness (QED) is 0.335. The lowest BCUT2D eigenvalue weighted by molar-refractivity contribution is 0.0600. The number of carbonyl (C=O) groups excluding carboxylic acids is 1. The monoisotopic (exact) mass is 405 g/mol. The molecule has 29 heavy (non-hydrogen) atoms. The maximum atomic E-state index is 11.8. The van der Waals surface area contributed by atoms with E-state index in [-0.39, 0.29) is 5.97 Å². The molecule has 2 aromatic heterocycles. The number of methoxy groups -OCH3 is 1. The molecule has 0 aliphatic rings. The highest BCUT2D eigenvalue weighted by atomic mass is 32.2. The SMILES string of the molecule is COC(=O)c1cccc(CSc2nnc(-c3ccco3)n2-c2ccc(C)cc2)c1. The van der Waals surface area contributed by atoms with Gasteiger partial charge in [-0.05, 0) is 48.9 Å². The van der Waals surface area contributed by atoms with Crippen molar-refractivity contribution >= 4 is 17.7 Å². The van der Waals surface area contributed by atoms with Gasteiger partial charge in [0.1, 0.15) is 0 Å². The Labute approximate surface area is 172 Å². The number of aryl methyl sites for hydroxylation is 1. The van der Waals surface area contributed by atoms with Crippen molar-refractivity contribution in [2.24, 2.45) is 0 Å². The summed E-state index contributed by atoms with van der Waals surface area (Å²) in [6, 6.07) is 19.3. The molecule has 2 aromatic carbocycles. The minimum Gasteiger partial charge on any atom is -0.465 e. The molecule has 0 radical (unpaired) electrons. The Kier molecular flexibility index (Phi) is 5.48. The molecule has 0 spiro atoms. The summed E-state index contributed by atoms with van der Waals surface area (Å²) >= 11 is 1.54. The highest BCUT2D eigenvalue weighted by Crippen LogP contribution is 2.30. The highest BCUT2D eigenvalue weighted by molar-refractivity contribution is 7.98. The average Bonchev–Trinajstić information content (AvgIpc) is 3.42. The fraction of sp³-hybridized carbons (Fsp3) is 0.136. The van der Waals surface area contributed by atoms with Crippen molar-refractivity contribution in [2.45, 2.75) is 17.8 Å². The summed E-state index contributed by atoms with van der Waals surface area (Å²) in [6.45, 7) is 2.05. The minimum absolute atomic E-state index is 0.347. The third kappa shape index (κ3) is 4.09. The number of aromatic nitrogens is 3. The van der Waals surface area contributed by atoms with E-state index in [1.165, 1.54) is 12.7 Å². The van der Waals surface area contributed by atoms with Crippen LogP contribution in [0.1, 0.15) is 21.5 Å². The fourth-order valence-corrected chi connectivity index (χ4v) is 3.80. The highest BCUT2D eigenvalue weighted by Gasteiger charge is 2.18. The summed E-state index contributed by atoms with van der Waals surface area (Å²) in [7, 11) is 1.38. The van der Waals surface area contributed by atoms with Crippen LogP contribution in [0.5, 0.6) is 0 Å². The number of esters is 1. The molecule has 0 aliphatic heterocycles. The van der Waals surface area contributed by atoms with Crippen LogP contribution in [0.15, 0.2) is 76.5 Å². The number of hydrogen-bond donors (Lipinski definition) is 0. The molecule has 0 aliphatic carbocycles. The number of ether oxygens (including phenoxy) is 1. The molecule has 0 unspecified atom stereocenters. The number of rotatable bonds is 6. The number of thioether (sulfide) groups is 1. The fourth-order valence-electron chi connectivity index (χ4n) is 2.91. The van der Waals surface area contributed by atoms with Gasteiger partial charge in [0.05, 0.1) is 18.9 Å². The second-order valence-corrected chi connectivity index (χ2v) is 7.38. The second-order valence-electron chi connectivity index (χ2n) is 6.44. The van der Waals surface area contributed by atoms with Crippen molar-refractivity contribution in [2.75, 3.05) is 7.11 Å². The van der Waals surface area contributed by atoms with Gasteiger partial charge in [-0.15, -0.1) is 10.2 Å². The van der Waals surface area contributed by atoms with Gasteiger partial charge in [-0.25, -0.2) is 4.79 Å². The second kappa shape index (κ2) is 8.36. The first-order chi connectivity index (χ1) is 14.2. The van der Waals surface area contributed by atoms with E-state index in [1.54, 1.807) is 24.1 Å². The van der Waals surface area contributed by atoms with Gasteiger partial charge in [0.2, 0.25) is 5.82 Å². The van der Waals surface area contributed by atoms with E-state index in [0.29, 0.717) is 22.9 Å². The zero-order chi connectivity index (χ0) is 20.2. The van der Waals surface area contributed by atoms with Crippen LogP contribution in [-0.4, -0.2) is 27.8 Å². The molecule has 0 amide bonds. The van der Waals surface area contributed by atoms with Gasteiger partial charge >= 0.3 is 5.97 Å². The largest absolute Gasteiger partial charge is 0.465 e. The van der Waals surface area contributed by atoms with Crippen LogP contribution in [0.4, 0.5) is 0 Å². The smallest absolute Gasteiger partial charge is 0.337 e. The number of benzene rings is 2. The first kappa shape index (κ1) is 19.0. The summed E-state index contributed by atoms with van der Waals surface area (Å²) in [6.07, 6.45) is 1.62. The first-order valence-electron chi connectivity index (χ1n) is 9.02. The van der Waals surface area contributed by atoms with E-state index in [1.807, 2.05) is 54.0 Å². The van der Waals surface area contributed by atoms with Gasteiger partial charge in [0, 0.05) is 11.4 Å². The van der Waals surface area contributed by atoms with Gasteiger partial charge in [-0.2, -0.15) is 0 Å². The van der Waals surface area contributed by atoms with E-state index < -0.39 is 0 Å². The summed E-state index contributed by atoms with van der Waals surface area (Å²) in [5, 5.41) is 9.48. The van der Waals surface area contributed by atoms with E-state index in [9.17, 15) is 4.79 Å². The summed E-state index contributed by atoms with van der Waals surface area (Å²) in [5.41, 5.74) is 3.66. The normalized spacial score (nSPS) is 10.8. The molecule has 7 heteroatoms. The van der Waals surface area contributed by atoms with Crippen LogP contribution in [-0.2, 0) is 10.5 Å². The van der Waals surface area contributed by atoms with E-state index in [4.69, 9.17) is 9.15 Å². The molecule has 4 aromatic rings. The van der Waals surface area contributed by atoms with Gasteiger partial charge in [0.25, 0.3) is 0 Å². The van der Waals surface area contributed by atoms with Gasteiger partial charge in [0.15, 0.2) is 10.9 Å². The van der Waals surface area contributed by atoms with Crippen molar-refractivity contribution < 1.29 is 13.9 Å². The van der Waals surface area contributed by atoms with Crippen LogP contribution < -0.4 is 0 Å². The van der Waals surface area contributed by atoms with Crippen molar-refractivity contribution in [1.29, 1.82) is 0 Å². The molecule has 0 bridgehead atoms. The summed E-state index contributed by atoms with van der Waals surface area (Å²) < 4.78 is 12.3. The average molecular weight is 405 g/mol. The minimum atomic E-state index is -0.347. The van der Waals surface area contributed by atoms with Crippen molar-refractivity contribution in [3.63, 3.8) is 0 Å². The molecule has 4 rings (SSSR count). The molecule has 0 fully saturated rings. The lowest BCUT2D eigenvalue weighted by atomic mass is 10.1. The molecule has 146 valence electrons. The molecule has 0 atom stereocenters. The molecule has 6 nitrogen and oxygen atoms in total. The standard InChI is InChI=1S/C22H19N3O3S/c1-15-8-10-18(11-9-15)25-20(19-7-4-12-28-19)23-24-22(25)29-14-16-5-3-6-17(13-16)21(26)27-2/h3-13H,14H2,1-2H3. The maximum absolute atomic E-state index is 11.8. The van der Waals surface area contributed by atoms with Crippen LogP contribution in [0.2, 0.25) is 0 Å². The van der Waals surface area contributed by atoms with Crippen LogP contribution in [0.25, 0.3) is 17.3 Å². The van der Waals surface area contributed by atoms with Crippen LogP contribution in [0.3, 0.4) is 0 Å². The Morgan fingerprint density at radius 3 is 2.66 bits per heavy atom. The van der Waals surface area contributed by atoms with Crippen LogP contribution in [0, 0.1) is 6.92 Å². The molecular weight excluding hydrogens is 386 g/mol. The van der Waals surface area contributed by atoms with Gasteiger partial charge < -0.3 is 9.15 Å². The zero-order valence-electron chi connectivity index (χ0n) is 16.0. The van der Waals surface area contributed by atoms with Crippen molar-refractivity contribution in [3.8, 4) is 17.3 Å². The Morgan fingerprint density at radius 2 is 1.93 bits per heavy atom. The molecular formula is C22H19N3O3S. The summed E-state index contributed by atoms with van der Waals surface area (Å²) in [5.74, 6) is 1.58. The Balaban J connectivity index is 1.66. The number of hydrogen-bond acceptors (Lipinski definition) is 6. The van der Waals surface area contributed by atoms with E-state index in [2.05, 4.69) is 22.3 Å². The number of nitrogens with zero attached hydrogens (tertiary/aromatic N) is 3. The third-order valence-corrected chi connectivity index (χ3v) is 5.38. The topological polar surface area (TPSA) is 70.2 Å². The number of carbonyl (C=O) groups is 1. The molecule has 0 saturated carbocycles. The number of furan rings is 1. The molecule has 2 heterocycles. The lowest BCUT2D eigenvalue weighted by Gasteiger charge is -2.10. The lowest BCUT2D eigenvalue weighted by Crippen LogP contribution is -2.02. The first-order valence-corrected chi connectivity index (χ1v) is 10.0. The van der Waals surface area contributed by atoms with E-state index >= 15 is 0 Å². The Hall–Kier alpha value is -3.32. The predicted octanol–water partition coefficient (Wildman–Crippen LogP) is 4.91. The van der Waals surface area contributed by atoms with Crippen molar-refractivity contribution in [3.05, 3.63) is 83.6 Å². The third-order valence-electron chi connectivity index (χ3n) is 4.38. The Bertz CT molecular complexity index is 1120. The zero-order valence-corrected chi connectivity index (χ0v) is 16.8. The maximum Gasteiger partial charge on any atom is 0.337 e.